The van der Waals surface area contributed by atoms with E-state index in [1.165, 1.54) is 12.8 Å². The summed E-state index contributed by atoms with van der Waals surface area (Å²) in [6, 6.07) is 6.00. The predicted octanol–water partition coefficient (Wildman–Crippen LogP) is 3.13. The lowest BCUT2D eigenvalue weighted by Crippen LogP contribution is -2.18. The van der Waals surface area contributed by atoms with Crippen molar-refractivity contribution in [3.05, 3.63) is 46.1 Å². The average Bonchev–Trinajstić information content (AvgIpc) is 3.36. The maximum absolute atomic E-state index is 12.1. The first kappa shape index (κ1) is 18.0. The molecular weight excluding hydrogens is 360 g/mol. The van der Waals surface area contributed by atoms with E-state index in [0.717, 1.165) is 46.1 Å². The zero-order valence-corrected chi connectivity index (χ0v) is 16.9. The number of aromatic nitrogens is 3. The molecule has 1 aliphatic carbocycles. The van der Waals surface area contributed by atoms with Crippen LogP contribution in [0.15, 0.2) is 29.2 Å². The number of hydrogen-bond donors (Lipinski definition) is 1. The van der Waals surface area contributed by atoms with Crippen molar-refractivity contribution in [3.63, 3.8) is 0 Å². The van der Waals surface area contributed by atoms with Gasteiger partial charge in [-0.2, -0.15) is 0 Å². The van der Waals surface area contributed by atoms with Crippen molar-refractivity contribution < 1.29 is 4.21 Å². The molecule has 1 unspecified atom stereocenters. The van der Waals surface area contributed by atoms with E-state index in [-0.39, 0.29) is 5.56 Å². The minimum atomic E-state index is -1.20. The molecule has 3 aromatic rings. The van der Waals surface area contributed by atoms with Crippen LogP contribution in [0, 0.1) is 19.8 Å². The third-order valence-corrected chi connectivity index (χ3v) is 5.64. The van der Waals surface area contributed by atoms with Gasteiger partial charge in [0.2, 0.25) is 0 Å². The molecule has 4 rings (SSSR count). The Balaban J connectivity index is 1.95. The highest BCUT2D eigenvalue weighted by molar-refractivity contribution is 7.85. The second kappa shape index (κ2) is 6.64. The van der Waals surface area contributed by atoms with E-state index in [4.69, 9.17) is 4.98 Å². The van der Waals surface area contributed by atoms with E-state index in [9.17, 15) is 9.00 Å². The lowest BCUT2D eigenvalue weighted by atomic mass is 10.0. The number of benzene rings is 1. The molecule has 1 fully saturated rings. The van der Waals surface area contributed by atoms with Crippen LogP contribution in [-0.2, 0) is 24.6 Å². The van der Waals surface area contributed by atoms with Gasteiger partial charge in [0.1, 0.15) is 22.3 Å². The Bertz CT molecular complexity index is 1100. The van der Waals surface area contributed by atoms with E-state index < -0.39 is 11.0 Å². The van der Waals surface area contributed by atoms with Crippen molar-refractivity contribution in [2.24, 2.45) is 13.0 Å². The van der Waals surface area contributed by atoms with Gasteiger partial charge in [-0.15, -0.1) is 0 Å². The number of pyridine rings is 1. The van der Waals surface area contributed by atoms with Crippen LogP contribution in [0.5, 0.6) is 0 Å². The van der Waals surface area contributed by atoms with Gasteiger partial charge in [-0.05, 0) is 61.9 Å². The molecule has 142 valence electrons. The van der Waals surface area contributed by atoms with Crippen molar-refractivity contribution in [2.75, 3.05) is 11.0 Å². The number of aryl methyl sites for hydroxylation is 3. The molecule has 1 N–H and O–H groups in total. The van der Waals surface area contributed by atoms with Crippen LogP contribution in [0.25, 0.3) is 22.2 Å². The first-order valence-electron chi connectivity index (χ1n) is 9.12. The number of nitrogens with zero attached hydrogens (tertiary/aromatic N) is 3. The summed E-state index contributed by atoms with van der Waals surface area (Å²) in [7, 11) is 0.563. The molecule has 2 aromatic heterocycles. The second-order valence-electron chi connectivity index (χ2n) is 7.49. The molecule has 0 saturated heterocycles. The lowest BCUT2D eigenvalue weighted by Gasteiger charge is -2.12. The maximum Gasteiger partial charge on any atom is 0.253 e. The molecule has 0 spiro atoms. The monoisotopic (exact) mass is 384 g/mol. The molecule has 7 heteroatoms. The zero-order valence-electron chi connectivity index (χ0n) is 16.1. The van der Waals surface area contributed by atoms with E-state index in [0.29, 0.717) is 5.56 Å². The van der Waals surface area contributed by atoms with Crippen molar-refractivity contribution >= 4 is 27.7 Å². The molecule has 1 aliphatic rings. The summed E-state index contributed by atoms with van der Waals surface area (Å²) in [4.78, 5) is 16.8. The Morgan fingerprint density at radius 1 is 1.22 bits per heavy atom. The number of rotatable bonds is 5. The van der Waals surface area contributed by atoms with E-state index in [1.807, 2.05) is 32.2 Å². The second-order valence-corrected chi connectivity index (χ2v) is 8.60. The van der Waals surface area contributed by atoms with Crippen LogP contribution < -0.4 is 10.3 Å². The van der Waals surface area contributed by atoms with Crippen molar-refractivity contribution in [1.29, 1.82) is 0 Å². The smallest absolute Gasteiger partial charge is 0.253 e. The van der Waals surface area contributed by atoms with Crippen molar-refractivity contribution in [1.82, 2.24) is 14.1 Å². The van der Waals surface area contributed by atoms with E-state index >= 15 is 0 Å². The highest BCUT2D eigenvalue weighted by Crippen LogP contribution is 2.35. The summed E-state index contributed by atoms with van der Waals surface area (Å²) >= 11 is 0. The first-order chi connectivity index (χ1) is 12.8. The molecule has 1 saturated carbocycles. The quantitative estimate of drug-likeness (QED) is 0.735. The van der Waals surface area contributed by atoms with Gasteiger partial charge < -0.3 is 13.9 Å². The molecule has 2 heterocycles. The van der Waals surface area contributed by atoms with Gasteiger partial charge in [0.25, 0.3) is 5.56 Å². The average molecular weight is 385 g/mol. The Morgan fingerprint density at radius 2 is 1.96 bits per heavy atom. The molecule has 1 atom stereocenters. The Hall–Kier alpha value is -2.41. The highest BCUT2D eigenvalue weighted by Gasteiger charge is 2.24. The summed E-state index contributed by atoms with van der Waals surface area (Å²) in [5, 5.41) is 0. The summed E-state index contributed by atoms with van der Waals surface area (Å²) in [6.07, 6.45) is 5.99. The number of hydrogen-bond acceptors (Lipinski definition) is 3. The van der Waals surface area contributed by atoms with Crippen LogP contribution >= 0.6 is 0 Å². The first-order valence-corrected chi connectivity index (χ1v) is 10.7. The zero-order chi connectivity index (χ0) is 19.3. The lowest BCUT2D eigenvalue weighted by molar-refractivity contribution is 0.626. The minimum absolute atomic E-state index is 0.00228. The fourth-order valence-electron chi connectivity index (χ4n) is 3.56. The molecule has 0 amide bonds. The standard InChI is InChI=1S/C20H24N4O2S/c1-12-7-16(11-23(3)20(12)25)15-8-17(22-27(4)26)19-18(9-15)24(13(2)21-19)10-14-5-6-14/h7-9,11,14,22H,5-6,10H2,1-4H3. The fraction of sp³-hybridized carbons (Fsp3) is 0.400. The van der Waals surface area contributed by atoms with Gasteiger partial charge in [0.05, 0.1) is 11.2 Å². The van der Waals surface area contributed by atoms with Gasteiger partial charge in [-0.25, -0.2) is 9.19 Å². The summed E-state index contributed by atoms with van der Waals surface area (Å²) in [5.41, 5.74) is 5.27. The van der Waals surface area contributed by atoms with Gasteiger partial charge >= 0.3 is 0 Å². The molecule has 6 nitrogen and oxygen atoms in total. The SMILES string of the molecule is Cc1cc(-c2cc(NS(C)=O)c3nc(C)n(CC4CC4)c3c2)cn(C)c1=O. The number of nitrogens with one attached hydrogen (secondary N) is 1. The Kier molecular flexibility index (Phi) is 4.42. The van der Waals surface area contributed by atoms with E-state index in [1.54, 1.807) is 17.9 Å². The van der Waals surface area contributed by atoms with Gasteiger partial charge in [-0.1, -0.05) is 0 Å². The summed E-state index contributed by atoms with van der Waals surface area (Å²) in [6.45, 7) is 4.81. The number of imidazole rings is 1. The largest absolute Gasteiger partial charge is 0.328 e. The van der Waals surface area contributed by atoms with Crippen LogP contribution in [0.3, 0.4) is 0 Å². The molecule has 1 aromatic carbocycles. The van der Waals surface area contributed by atoms with Crippen LogP contribution in [0.2, 0.25) is 0 Å². The normalized spacial score (nSPS) is 15.3. The molecule has 0 aliphatic heterocycles. The molecule has 0 bridgehead atoms. The van der Waals surface area contributed by atoms with Crippen molar-refractivity contribution in [3.8, 4) is 11.1 Å². The highest BCUT2D eigenvalue weighted by atomic mass is 32.2. The number of fused-ring (bicyclic) bond motifs is 1. The third-order valence-electron chi connectivity index (χ3n) is 5.13. The van der Waals surface area contributed by atoms with Crippen molar-refractivity contribution in [2.45, 2.75) is 33.2 Å². The van der Waals surface area contributed by atoms with Crippen LogP contribution in [0.4, 0.5) is 5.69 Å². The van der Waals surface area contributed by atoms with Gasteiger partial charge in [-0.3, -0.25) is 4.79 Å². The van der Waals surface area contributed by atoms with Crippen LogP contribution in [-0.4, -0.2) is 24.6 Å². The number of anilines is 1. The fourth-order valence-corrected chi connectivity index (χ4v) is 4.03. The minimum Gasteiger partial charge on any atom is -0.328 e. The van der Waals surface area contributed by atoms with Gasteiger partial charge in [0, 0.05) is 31.6 Å². The molecular formula is C20H24N4O2S. The summed E-state index contributed by atoms with van der Waals surface area (Å²) < 4.78 is 18.8. The summed E-state index contributed by atoms with van der Waals surface area (Å²) in [5.74, 6) is 1.69. The van der Waals surface area contributed by atoms with Crippen LogP contribution in [0.1, 0.15) is 24.2 Å². The Morgan fingerprint density at radius 3 is 2.59 bits per heavy atom. The molecule has 0 radical (unpaired) electrons. The third kappa shape index (κ3) is 3.43. The topological polar surface area (TPSA) is 68.9 Å². The Labute approximate surface area is 160 Å². The van der Waals surface area contributed by atoms with E-state index in [2.05, 4.69) is 15.4 Å². The maximum atomic E-state index is 12.1. The predicted molar refractivity (Wildman–Crippen MR) is 110 cm³/mol. The van der Waals surface area contributed by atoms with Gasteiger partial charge in [0.15, 0.2) is 0 Å². The molecule has 27 heavy (non-hydrogen) atoms.